The Morgan fingerprint density at radius 3 is 1.04 bits per heavy atom. The summed E-state index contributed by atoms with van der Waals surface area (Å²) in [7, 11) is -3.33. The first-order valence-corrected chi connectivity index (χ1v) is 22.9. The van der Waals surface area contributed by atoms with Crippen LogP contribution < -0.4 is 0 Å². The van der Waals surface area contributed by atoms with Gasteiger partial charge in [0.2, 0.25) is 0 Å². The van der Waals surface area contributed by atoms with E-state index in [0.29, 0.717) is 38.1 Å². The third kappa shape index (κ3) is 32.0. The fourth-order valence-corrected chi connectivity index (χ4v) is 9.18. The van der Waals surface area contributed by atoms with Gasteiger partial charge < -0.3 is 18.3 Å². The zero-order valence-electron chi connectivity index (χ0n) is 33.6. The molecule has 0 rings (SSSR count). The van der Waals surface area contributed by atoms with Crippen LogP contribution in [0.1, 0.15) is 183 Å². The molecule has 296 valence electrons. The summed E-state index contributed by atoms with van der Waals surface area (Å²) >= 11 is 0. The normalized spacial score (nSPS) is 11.9. The molecule has 0 unspecified atom stereocenters. The number of ether oxygens (including phenoxy) is 2. The number of hydrogen-bond acceptors (Lipinski definition) is 8. The SMILES string of the molecule is CCCC[Si](CCCC)(OC(=O)/C=C/C(=O)OCCCCCCCCCCC(C)C)OC(=O)/C=C/C(=O)OCCCCCCCCCCC(C)C. The Balaban J connectivity index is 4.62. The first-order valence-electron chi connectivity index (χ1n) is 20.7. The average Bonchev–Trinajstić information content (AvgIpc) is 3.09. The van der Waals surface area contributed by atoms with Crippen LogP contribution in [0.25, 0.3) is 0 Å². The van der Waals surface area contributed by atoms with Crippen LogP contribution in [0.15, 0.2) is 24.3 Å². The number of hydrogen-bond donors (Lipinski definition) is 0. The Morgan fingerprint density at radius 1 is 0.431 bits per heavy atom. The Kier molecular flexibility index (Phi) is 31.8. The summed E-state index contributed by atoms with van der Waals surface area (Å²) in [5.41, 5.74) is 0. The summed E-state index contributed by atoms with van der Waals surface area (Å²) in [4.78, 5) is 50.1. The highest BCUT2D eigenvalue weighted by atomic mass is 28.4. The topological polar surface area (TPSA) is 105 Å². The third-order valence-electron chi connectivity index (χ3n) is 8.95. The van der Waals surface area contributed by atoms with Gasteiger partial charge >= 0.3 is 32.4 Å². The van der Waals surface area contributed by atoms with E-state index < -0.39 is 32.4 Å². The van der Waals surface area contributed by atoms with Crippen LogP contribution in [0.4, 0.5) is 0 Å². The molecule has 0 aromatic rings. The van der Waals surface area contributed by atoms with Crippen molar-refractivity contribution in [3.8, 4) is 0 Å². The van der Waals surface area contributed by atoms with Crippen molar-refractivity contribution >= 4 is 32.4 Å². The van der Waals surface area contributed by atoms with E-state index in [4.69, 9.17) is 18.3 Å². The molecule has 51 heavy (non-hydrogen) atoms. The summed E-state index contributed by atoms with van der Waals surface area (Å²) in [5.74, 6) is -1.10. The van der Waals surface area contributed by atoms with Gasteiger partial charge in [-0.1, -0.05) is 157 Å². The monoisotopic (exact) mass is 737 g/mol. The van der Waals surface area contributed by atoms with Gasteiger partial charge in [0, 0.05) is 36.4 Å². The minimum Gasteiger partial charge on any atom is -0.482 e. The molecule has 0 amide bonds. The zero-order chi connectivity index (χ0) is 38.0. The van der Waals surface area contributed by atoms with Crippen LogP contribution in [0.3, 0.4) is 0 Å². The highest BCUT2D eigenvalue weighted by molar-refractivity contribution is 6.70. The Morgan fingerprint density at radius 2 is 0.725 bits per heavy atom. The van der Waals surface area contributed by atoms with Gasteiger partial charge in [0.1, 0.15) is 0 Å². The highest BCUT2D eigenvalue weighted by Crippen LogP contribution is 2.26. The third-order valence-corrected chi connectivity index (χ3v) is 12.3. The lowest BCUT2D eigenvalue weighted by atomic mass is 10.0. The standard InChI is InChI=1S/C42H76O8Si/c1-7-9-35-51(36-10-8-2,49-41(45)31-29-39(43)47-33-25-21-17-13-11-15-19-23-27-37(3)4)50-42(46)32-30-40(44)48-34-26-22-18-14-12-16-20-24-28-38(5)6/h29-32,37-38H,7-28,33-36H2,1-6H3/b31-29+,32-30+. The summed E-state index contributed by atoms with van der Waals surface area (Å²) in [6.45, 7) is 13.7. The maximum Gasteiger partial charge on any atom is 0.464 e. The second-order valence-corrected chi connectivity index (χ2v) is 18.2. The maximum atomic E-state index is 12.8. The van der Waals surface area contributed by atoms with Crippen LogP contribution >= 0.6 is 0 Å². The molecule has 8 nitrogen and oxygen atoms in total. The van der Waals surface area contributed by atoms with E-state index in [0.717, 1.165) is 87.5 Å². The van der Waals surface area contributed by atoms with Crippen molar-refractivity contribution in [3.63, 3.8) is 0 Å². The van der Waals surface area contributed by atoms with Crippen LogP contribution in [0.5, 0.6) is 0 Å². The second-order valence-electron chi connectivity index (χ2n) is 15.0. The first kappa shape index (κ1) is 48.6. The van der Waals surface area contributed by atoms with E-state index in [9.17, 15) is 19.2 Å². The molecule has 0 aromatic carbocycles. The number of carbonyl (C=O) groups excluding carboxylic acids is 4. The van der Waals surface area contributed by atoms with Crippen LogP contribution in [-0.2, 0) is 37.5 Å². The van der Waals surface area contributed by atoms with Gasteiger partial charge in [-0.2, -0.15) is 0 Å². The van der Waals surface area contributed by atoms with E-state index in [1.54, 1.807) is 0 Å². The van der Waals surface area contributed by atoms with Gasteiger partial charge in [-0.05, 0) is 37.5 Å². The van der Waals surface area contributed by atoms with Gasteiger partial charge in [-0.25, -0.2) is 19.2 Å². The van der Waals surface area contributed by atoms with E-state index in [1.807, 2.05) is 13.8 Å². The fourth-order valence-electron chi connectivity index (χ4n) is 5.82. The van der Waals surface area contributed by atoms with Crippen molar-refractivity contribution in [2.75, 3.05) is 13.2 Å². The lowest BCUT2D eigenvalue weighted by Gasteiger charge is -2.28. The number of unbranched alkanes of at least 4 members (excludes halogenated alkanes) is 16. The molecule has 0 saturated carbocycles. The fraction of sp³-hybridized carbons (Fsp3) is 0.810. The van der Waals surface area contributed by atoms with Gasteiger partial charge in [-0.3, -0.25) is 0 Å². The Hall–Kier alpha value is -2.42. The quantitative estimate of drug-likeness (QED) is 0.0278. The van der Waals surface area contributed by atoms with E-state index >= 15 is 0 Å². The molecule has 0 N–H and O–H groups in total. The molecular weight excluding hydrogens is 661 g/mol. The van der Waals surface area contributed by atoms with E-state index in [1.165, 1.54) is 77.0 Å². The number of carbonyl (C=O) groups is 4. The molecule has 9 heteroatoms. The van der Waals surface area contributed by atoms with E-state index in [2.05, 4.69) is 27.7 Å². The predicted octanol–water partition coefficient (Wildman–Crippen LogP) is 11.6. The largest absolute Gasteiger partial charge is 0.482 e. The van der Waals surface area contributed by atoms with Crippen molar-refractivity contribution in [2.45, 2.75) is 195 Å². The Labute approximate surface area is 313 Å². The smallest absolute Gasteiger partial charge is 0.464 e. The number of rotatable bonds is 34. The Bertz CT molecular complexity index is 883. The molecule has 0 bridgehead atoms. The molecule has 0 spiro atoms. The van der Waals surface area contributed by atoms with Crippen molar-refractivity contribution < 1.29 is 37.5 Å². The minimum atomic E-state index is -3.33. The molecule has 0 radical (unpaired) electrons. The molecule has 0 aliphatic heterocycles. The molecule has 0 aliphatic carbocycles. The lowest BCUT2D eigenvalue weighted by molar-refractivity contribution is -0.140. The molecule has 0 aromatic heterocycles. The summed E-state index contributed by atoms with van der Waals surface area (Å²) in [5, 5.41) is 0. The predicted molar refractivity (Wildman–Crippen MR) is 210 cm³/mol. The van der Waals surface area contributed by atoms with Crippen molar-refractivity contribution in [1.82, 2.24) is 0 Å². The first-order chi connectivity index (χ1) is 24.5. The van der Waals surface area contributed by atoms with Gasteiger partial charge in [0.25, 0.3) is 0 Å². The molecule has 0 atom stereocenters. The van der Waals surface area contributed by atoms with Gasteiger partial charge in [0.05, 0.1) is 13.2 Å². The second kappa shape index (κ2) is 33.4. The number of esters is 2. The van der Waals surface area contributed by atoms with Crippen LogP contribution in [0, 0.1) is 11.8 Å². The van der Waals surface area contributed by atoms with Crippen molar-refractivity contribution in [1.29, 1.82) is 0 Å². The molecule has 0 heterocycles. The maximum absolute atomic E-state index is 12.8. The average molecular weight is 737 g/mol. The lowest BCUT2D eigenvalue weighted by Crippen LogP contribution is -2.45. The zero-order valence-corrected chi connectivity index (χ0v) is 34.6. The van der Waals surface area contributed by atoms with Crippen LogP contribution in [-0.4, -0.2) is 45.7 Å². The summed E-state index contributed by atoms with van der Waals surface area (Å²) in [6, 6.07) is 0.876. The van der Waals surface area contributed by atoms with Gasteiger partial charge in [-0.15, -0.1) is 0 Å². The minimum absolute atomic E-state index is 0.309. The molecule has 0 aliphatic rings. The molecular formula is C42H76O8Si. The van der Waals surface area contributed by atoms with Crippen molar-refractivity contribution in [3.05, 3.63) is 24.3 Å². The van der Waals surface area contributed by atoms with Crippen LogP contribution in [0.2, 0.25) is 12.1 Å². The summed E-state index contributed by atoms with van der Waals surface area (Å²) in [6.07, 6.45) is 28.5. The molecule has 0 saturated heterocycles. The van der Waals surface area contributed by atoms with Gasteiger partial charge in [0.15, 0.2) is 0 Å². The summed E-state index contributed by atoms with van der Waals surface area (Å²) < 4.78 is 22.2. The van der Waals surface area contributed by atoms with Crippen molar-refractivity contribution in [2.24, 2.45) is 11.8 Å². The highest BCUT2D eigenvalue weighted by Gasteiger charge is 2.43. The van der Waals surface area contributed by atoms with E-state index in [-0.39, 0.29) is 0 Å². The molecule has 0 fully saturated rings.